The lowest BCUT2D eigenvalue weighted by Gasteiger charge is -2.20. The van der Waals surface area contributed by atoms with E-state index in [1.165, 1.54) is 31.4 Å². The van der Waals surface area contributed by atoms with Crippen molar-refractivity contribution in [2.24, 2.45) is 5.10 Å². The van der Waals surface area contributed by atoms with E-state index >= 15 is 0 Å². The van der Waals surface area contributed by atoms with Gasteiger partial charge in [0.05, 0.1) is 38.9 Å². The second kappa shape index (κ2) is 10.1. The van der Waals surface area contributed by atoms with Crippen LogP contribution in [0, 0.1) is 0 Å². The van der Waals surface area contributed by atoms with Gasteiger partial charge in [0.1, 0.15) is 17.6 Å². The molecule has 1 aromatic heterocycles. The Labute approximate surface area is 196 Å². The summed E-state index contributed by atoms with van der Waals surface area (Å²) >= 11 is 0. The van der Waals surface area contributed by atoms with Crippen molar-refractivity contribution >= 4 is 17.6 Å². The summed E-state index contributed by atoms with van der Waals surface area (Å²) in [5.74, 6) is 1.13. The van der Waals surface area contributed by atoms with Crippen molar-refractivity contribution < 1.29 is 33.0 Å². The molecule has 3 aromatic rings. The molecule has 4 rings (SSSR count). The number of ether oxygens (including phenoxy) is 4. The lowest BCUT2D eigenvalue weighted by molar-refractivity contribution is -0.135. The third kappa shape index (κ3) is 4.73. The number of carbonyl (C=O) groups is 2. The highest BCUT2D eigenvalue weighted by Crippen LogP contribution is 2.34. The standard InChI is InChI=1S/C25H24N2O7/c1-30-18-9-6-16(7-10-18)19-14-20(21-5-4-12-33-21)27(26-19)24(28)15-34-22-11-8-17(25(29)32-3)13-23(22)31-2/h4-13,20H,14-15H2,1-3H3. The summed E-state index contributed by atoms with van der Waals surface area (Å²) in [5.41, 5.74) is 1.94. The zero-order valence-corrected chi connectivity index (χ0v) is 19.0. The van der Waals surface area contributed by atoms with Crippen LogP contribution in [0.1, 0.15) is 34.1 Å². The first kappa shape index (κ1) is 22.9. The smallest absolute Gasteiger partial charge is 0.337 e. The van der Waals surface area contributed by atoms with Crippen LogP contribution in [0.4, 0.5) is 0 Å². The third-order valence-corrected chi connectivity index (χ3v) is 5.40. The predicted molar refractivity (Wildman–Crippen MR) is 122 cm³/mol. The van der Waals surface area contributed by atoms with Gasteiger partial charge in [-0.2, -0.15) is 5.10 Å². The summed E-state index contributed by atoms with van der Waals surface area (Å²) in [6.07, 6.45) is 2.05. The van der Waals surface area contributed by atoms with E-state index in [4.69, 9.17) is 23.4 Å². The van der Waals surface area contributed by atoms with Crippen LogP contribution in [0.3, 0.4) is 0 Å². The Bertz CT molecular complexity index is 1190. The van der Waals surface area contributed by atoms with Gasteiger partial charge in [-0.25, -0.2) is 9.80 Å². The molecule has 1 aliphatic rings. The maximum Gasteiger partial charge on any atom is 0.337 e. The summed E-state index contributed by atoms with van der Waals surface area (Å²) in [6, 6.07) is 15.3. The number of benzene rings is 2. The second-order valence-electron chi connectivity index (χ2n) is 7.39. The van der Waals surface area contributed by atoms with Crippen LogP contribution in [-0.2, 0) is 9.53 Å². The van der Waals surface area contributed by atoms with Crippen LogP contribution < -0.4 is 14.2 Å². The molecule has 176 valence electrons. The van der Waals surface area contributed by atoms with E-state index in [9.17, 15) is 9.59 Å². The zero-order chi connectivity index (χ0) is 24.1. The van der Waals surface area contributed by atoms with Gasteiger partial charge in [0.15, 0.2) is 18.1 Å². The SMILES string of the molecule is COC(=O)c1ccc(OCC(=O)N2N=C(c3ccc(OC)cc3)CC2c2ccco2)c(OC)c1. The highest BCUT2D eigenvalue weighted by Gasteiger charge is 2.35. The minimum absolute atomic E-state index is 0.287. The van der Waals surface area contributed by atoms with Crippen molar-refractivity contribution in [1.82, 2.24) is 5.01 Å². The number of amides is 1. The number of hydrogen-bond donors (Lipinski definition) is 0. The maximum absolute atomic E-state index is 13.1. The van der Waals surface area contributed by atoms with E-state index in [0.717, 1.165) is 17.0 Å². The van der Waals surface area contributed by atoms with Crippen LogP contribution >= 0.6 is 0 Å². The van der Waals surface area contributed by atoms with E-state index in [0.29, 0.717) is 29.2 Å². The molecular formula is C25H24N2O7. The average molecular weight is 464 g/mol. The molecule has 1 unspecified atom stereocenters. The van der Waals surface area contributed by atoms with Crippen molar-refractivity contribution in [2.75, 3.05) is 27.9 Å². The molecule has 0 spiro atoms. The van der Waals surface area contributed by atoms with E-state index < -0.39 is 12.0 Å². The Morgan fingerprint density at radius 2 is 1.82 bits per heavy atom. The topological polar surface area (TPSA) is 99.8 Å². The number of hydrazone groups is 1. The fraction of sp³-hybridized carbons (Fsp3) is 0.240. The number of methoxy groups -OCH3 is 3. The van der Waals surface area contributed by atoms with E-state index in [2.05, 4.69) is 5.10 Å². The Hall–Kier alpha value is -4.27. The monoisotopic (exact) mass is 464 g/mol. The van der Waals surface area contributed by atoms with Crippen molar-refractivity contribution in [3.63, 3.8) is 0 Å². The highest BCUT2D eigenvalue weighted by molar-refractivity contribution is 6.03. The molecular weight excluding hydrogens is 440 g/mol. The van der Waals surface area contributed by atoms with Gasteiger partial charge in [-0.3, -0.25) is 4.79 Å². The minimum Gasteiger partial charge on any atom is -0.497 e. The molecule has 1 aliphatic heterocycles. The second-order valence-corrected chi connectivity index (χ2v) is 7.39. The van der Waals surface area contributed by atoms with Crippen molar-refractivity contribution in [3.8, 4) is 17.2 Å². The predicted octanol–water partition coefficient (Wildman–Crippen LogP) is 3.84. The van der Waals surface area contributed by atoms with Crippen LogP contribution in [0.5, 0.6) is 17.2 Å². The molecule has 0 fully saturated rings. The maximum atomic E-state index is 13.1. The van der Waals surface area contributed by atoms with Crippen LogP contribution in [-0.4, -0.2) is 50.5 Å². The van der Waals surface area contributed by atoms with E-state index in [1.54, 1.807) is 25.5 Å². The molecule has 1 amide bonds. The van der Waals surface area contributed by atoms with Gasteiger partial charge in [-0.15, -0.1) is 0 Å². The molecule has 2 aromatic carbocycles. The molecule has 0 saturated carbocycles. The first-order chi connectivity index (χ1) is 16.5. The van der Waals surface area contributed by atoms with Crippen LogP contribution in [0.2, 0.25) is 0 Å². The normalized spacial score (nSPS) is 15.0. The van der Waals surface area contributed by atoms with Gasteiger partial charge >= 0.3 is 5.97 Å². The molecule has 34 heavy (non-hydrogen) atoms. The van der Waals surface area contributed by atoms with E-state index in [-0.39, 0.29) is 12.5 Å². The third-order valence-electron chi connectivity index (χ3n) is 5.40. The fourth-order valence-electron chi connectivity index (χ4n) is 3.64. The lowest BCUT2D eigenvalue weighted by atomic mass is 10.0. The molecule has 0 N–H and O–H groups in total. The number of furan rings is 1. The summed E-state index contributed by atoms with van der Waals surface area (Å²) in [4.78, 5) is 24.9. The van der Waals surface area contributed by atoms with Gasteiger partial charge in [0.25, 0.3) is 5.91 Å². The minimum atomic E-state index is -0.500. The number of esters is 1. The van der Waals surface area contributed by atoms with Gasteiger partial charge in [-0.05, 0) is 60.2 Å². The van der Waals surface area contributed by atoms with Gasteiger partial charge in [0.2, 0.25) is 0 Å². The Balaban J connectivity index is 1.53. The van der Waals surface area contributed by atoms with E-state index in [1.807, 2.05) is 30.3 Å². The van der Waals surface area contributed by atoms with Crippen molar-refractivity contribution in [1.29, 1.82) is 0 Å². The summed E-state index contributed by atoms with van der Waals surface area (Å²) in [6.45, 7) is -0.287. The Morgan fingerprint density at radius 1 is 1.03 bits per heavy atom. The number of hydrogen-bond acceptors (Lipinski definition) is 8. The first-order valence-corrected chi connectivity index (χ1v) is 10.5. The molecule has 9 nitrogen and oxygen atoms in total. The summed E-state index contributed by atoms with van der Waals surface area (Å²) in [5, 5.41) is 5.96. The molecule has 0 bridgehead atoms. The number of nitrogens with zero attached hydrogens (tertiary/aromatic N) is 2. The molecule has 0 aliphatic carbocycles. The largest absolute Gasteiger partial charge is 0.497 e. The molecule has 2 heterocycles. The number of rotatable bonds is 8. The van der Waals surface area contributed by atoms with Crippen LogP contribution in [0.15, 0.2) is 70.4 Å². The van der Waals surface area contributed by atoms with Crippen molar-refractivity contribution in [2.45, 2.75) is 12.5 Å². The molecule has 0 saturated heterocycles. The quantitative estimate of drug-likeness (QED) is 0.467. The molecule has 1 atom stereocenters. The zero-order valence-electron chi connectivity index (χ0n) is 19.0. The van der Waals surface area contributed by atoms with Crippen molar-refractivity contribution in [3.05, 3.63) is 77.7 Å². The Kier molecular flexibility index (Phi) is 6.82. The fourth-order valence-corrected chi connectivity index (χ4v) is 3.64. The summed E-state index contributed by atoms with van der Waals surface area (Å²) in [7, 11) is 4.35. The molecule has 9 heteroatoms. The van der Waals surface area contributed by atoms with Gasteiger partial charge < -0.3 is 23.4 Å². The number of carbonyl (C=O) groups excluding carboxylic acids is 2. The van der Waals surface area contributed by atoms with Crippen LogP contribution in [0.25, 0.3) is 0 Å². The first-order valence-electron chi connectivity index (χ1n) is 10.5. The van der Waals surface area contributed by atoms with Gasteiger partial charge in [-0.1, -0.05) is 0 Å². The molecule has 0 radical (unpaired) electrons. The van der Waals surface area contributed by atoms with Gasteiger partial charge in [0, 0.05) is 6.42 Å². The Morgan fingerprint density at radius 3 is 2.47 bits per heavy atom. The lowest BCUT2D eigenvalue weighted by Crippen LogP contribution is -2.31. The highest BCUT2D eigenvalue weighted by atomic mass is 16.5. The average Bonchev–Trinajstić information content (AvgIpc) is 3.57. The summed E-state index contributed by atoms with van der Waals surface area (Å²) < 4.78 is 26.5.